The van der Waals surface area contributed by atoms with E-state index in [0.717, 1.165) is 6.92 Å². The minimum absolute atomic E-state index is 0.0310. The van der Waals surface area contributed by atoms with Gasteiger partial charge in [-0.05, 0) is 57.6 Å². The van der Waals surface area contributed by atoms with Gasteiger partial charge in [0.05, 0.1) is 23.2 Å². The van der Waals surface area contributed by atoms with Crippen molar-refractivity contribution in [1.29, 1.82) is 0 Å². The van der Waals surface area contributed by atoms with Gasteiger partial charge in [-0.2, -0.15) is 18.3 Å². The lowest BCUT2D eigenvalue weighted by molar-refractivity contribution is -0.151. The number of halogens is 4. The number of methoxy groups -OCH3 is 1. The highest BCUT2D eigenvalue weighted by Gasteiger charge is 2.42. The molecule has 1 fully saturated rings. The first-order chi connectivity index (χ1) is 18.7. The average Bonchev–Trinajstić information content (AvgIpc) is 3.23. The van der Waals surface area contributed by atoms with Crippen LogP contribution in [0.1, 0.15) is 50.0 Å². The smallest absolute Gasteiger partial charge is 0.408 e. The van der Waals surface area contributed by atoms with E-state index in [1.165, 1.54) is 30.0 Å². The summed E-state index contributed by atoms with van der Waals surface area (Å²) in [5.41, 5.74) is -0.539. The summed E-state index contributed by atoms with van der Waals surface area (Å²) in [4.78, 5) is 25.3. The molecule has 1 unspecified atom stereocenters. The van der Waals surface area contributed by atoms with Gasteiger partial charge in [-0.3, -0.25) is 18.5 Å². The Balaban J connectivity index is 1.83. The van der Waals surface area contributed by atoms with Crippen molar-refractivity contribution < 1.29 is 41.4 Å². The topological polar surface area (TPSA) is 146 Å². The van der Waals surface area contributed by atoms with Gasteiger partial charge in [-0.25, -0.2) is 0 Å². The molecule has 1 heterocycles. The van der Waals surface area contributed by atoms with Gasteiger partial charge in [0.1, 0.15) is 11.8 Å². The number of alkyl halides is 3. The van der Waals surface area contributed by atoms with Crippen molar-refractivity contribution in [2.45, 2.75) is 58.3 Å². The molecule has 1 saturated carbocycles. The van der Waals surface area contributed by atoms with Crippen LogP contribution < -0.4 is 15.4 Å². The fourth-order valence-corrected chi connectivity index (χ4v) is 5.81. The molecular weight excluding hydrogens is 577 g/mol. The number of carboxylic acids is 1. The fraction of sp³-hybridized carbons (Fsp3) is 0.560. The zero-order valence-corrected chi connectivity index (χ0v) is 23.7. The Hall–Kier alpha value is -2.84. The number of aromatic nitrogens is 2. The third-order valence-corrected chi connectivity index (χ3v) is 8.32. The van der Waals surface area contributed by atoms with Gasteiger partial charge in [-0.1, -0.05) is 22.7 Å². The molecule has 2 atom stereocenters. The molecule has 0 aliphatic heterocycles. The molecule has 0 spiro atoms. The molecule has 10 nitrogen and oxygen atoms in total. The van der Waals surface area contributed by atoms with Crippen molar-refractivity contribution in [3.63, 3.8) is 0 Å². The van der Waals surface area contributed by atoms with Gasteiger partial charge in [0.25, 0.3) is 5.91 Å². The number of hydrogen-bond donors (Lipinski definition) is 3. The van der Waals surface area contributed by atoms with Crippen LogP contribution in [0.3, 0.4) is 0 Å². The predicted molar refractivity (Wildman–Crippen MR) is 142 cm³/mol. The maximum absolute atomic E-state index is 13.1. The van der Waals surface area contributed by atoms with E-state index in [1.54, 1.807) is 6.92 Å². The number of benzene rings is 1. The highest BCUT2D eigenvalue weighted by Crippen LogP contribution is 2.41. The monoisotopic (exact) mass is 607 g/mol. The Morgan fingerprint density at radius 3 is 2.52 bits per heavy atom. The number of aryl methyl sites for hydroxylation is 1. The third kappa shape index (κ3) is 7.07. The summed E-state index contributed by atoms with van der Waals surface area (Å²) < 4.78 is 67.8. The highest BCUT2D eigenvalue weighted by molar-refractivity contribution is 7.79. The third-order valence-electron chi connectivity index (χ3n) is 7.22. The van der Waals surface area contributed by atoms with Crippen LogP contribution in [0, 0.1) is 11.3 Å². The van der Waals surface area contributed by atoms with E-state index >= 15 is 0 Å². The molecule has 1 aliphatic carbocycles. The van der Waals surface area contributed by atoms with Crippen LogP contribution in [0.5, 0.6) is 5.75 Å². The molecule has 222 valence electrons. The Labute approximate surface area is 236 Å². The number of ether oxygens (including phenoxy) is 1. The van der Waals surface area contributed by atoms with Crippen LogP contribution in [-0.2, 0) is 22.4 Å². The molecule has 1 aromatic heterocycles. The first-order valence-electron chi connectivity index (χ1n) is 12.6. The Bertz CT molecular complexity index is 1260. The van der Waals surface area contributed by atoms with Crippen molar-refractivity contribution >= 4 is 40.2 Å². The molecule has 0 saturated heterocycles. The van der Waals surface area contributed by atoms with Crippen molar-refractivity contribution in [2.75, 3.05) is 24.7 Å². The van der Waals surface area contributed by atoms with Crippen LogP contribution in [0.25, 0.3) is 11.3 Å². The summed E-state index contributed by atoms with van der Waals surface area (Å²) in [6.45, 7) is 2.84. The van der Waals surface area contributed by atoms with Gasteiger partial charge >= 0.3 is 12.1 Å². The number of amides is 1. The number of aliphatic carboxylic acids is 1. The van der Waals surface area contributed by atoms with E-state index < -0.39 is 40.6 Å². The maximum Gasteiger partial charge on any atom is 0.408 e. The number of carboxylic acid groups (broad SMARTS) is 1. The van der Waals surface area contributed by atoms with Gasteiger partial charge in [0, 0.05) is 36.2 Å². The molecule has 3 N–H and O–H groups in total. The lowest BCUT2D eigenvalue weighted by Gasteiger charge is -2.37. The summed E-state index contributed by atoms with van der Waals surface area (Å²) in [7, 11) is 1.35. The van der Waals surface area contributed by atoms with Gasteiger partial charge in [-0.15, -0.1) is 0 Å². The van der Waals surface area contributed by atoms with Gasteiger partial charge < -0.3 is 25.0 Å². The van der Waals surface area contributed by atoms with Crippen LogP contribution in [0.2, 0.25) is 5.02 Å². The minimum Gasteiger partial charge on any atom is -0.772 e. The zero-order valence-electron chi connectivity index (χ0n) is 22.1. The van der Waals surface area contributed by atoms with Gasteiger partial charge in [0.2, 0.25) is 0 Å². The van der Waals surface area contributed by atoms with E-state index in [1.807, 2.05) is 0 Å². The fourth-order valence-electron chi connectivity index (χ4n) is 4.77. The molecule has 1 aromatic carbocycles. The second-order valence-electron chi connectivity index (χ2n) is 9.83. The Kier molecular flexibility index (Phi) is 10.1. The highest BCUT2D eigenvalue weighted by atomic mass is 35.5. The molecule has 1 amide bonds. The first-order valence-corrected chi connectivity index (χ1v) is 14.2. The second-order valence-corrected chi connectivity index (χ2v) is 11.2. The van der Waals surface area contributed by atoms with E-state index in [0.29, 0.717) is 24.1 Å². The molecule has 2 aromatic rings. The van der Waals surface area contributed by atoms with E-state index in [4.69, 9.17) is 16.3 Å². The van der Waals surface area contributed by atoms with Crippen LogP contribution in [0.15, 0.2) is 18.2 Å². The molecule has 40 heavy (non-hydrogen) atoms. The van der Waals surface area contributed by atoms with Crippen LogP contribution in [-0.4, -0.2) is 67.2 Å². The summed E-state index contributed by atoms with van der Waals surface area (Å²) in [5.74, 6) is -1.75. The Morgan fingerprint density at radius 1 is 1.35 bits per heavy atom. The normalized spacial score (nSPS) is 20.9. The minimum atomic E-state index is -4.45. The predicted octanol–water partition coefficient (Wildman–Crippen LogP) is 4.46. The summed E-state index contributed by atoms with van der Waals surface area (Å²) in [5, 5.41) is 19.2. The van der Waals surface area contributed by atoms with Crippen LogP contribution in [0.4, 0.5) is 18.9 Å². The SMILES string of the molecule is CCn1nc(C(=O)NCC2(C(=O)O)CCC(CS(=O)[O-])CC2)c(Cl)c1-c1ccc(N[C@H](C)C(F)(F)F)cc1OC. The molecule has 0 bridgehead atoms. The quantitative estimate of drug-likeness (QED) is 0.317. The zero-order chi connectivity index (χ0) is 29.8. The summed E-state index contributed by atoms with van der Waals surface area (Å²) in [6, 6.07) is 2.52. The van der Waals surface area contributed by atoms with Crippen molar-refractivity contribution in [3.05, 3.63) is 28.9 Å². The number of hydrogen-bond acceptors (Lipinski definition) is 7. The number of carbonyl (C=O) groups excluding carboxylic acids is 1. The standard InChI is InChI=1S/C25H32ClF3N4O6S/c1-4-33-21(17-6-5-16(11-18(17)39-3)31-14(2)25(27,28)29)19(26)20(32-33)22(34)30-13-24(23(35)36)9-7-15(8-10-24)12-40(37)38/h5-6,11,14-15,31H,4,7-10,12-13H2,1-3H3,(H,30,34)(H,35,36)(H,37,38)/p-1/t14-,15?,24?/m1/s1. The molecule has 0 radical (unpaired) electrons. The van der Waals surface area contributed by atoms with Crippen molar-refractivity contribution in [2.24, 2.45) is 11.3 Å². The van der Waals surface area contributed by atoms with E-state index in [9.17, 15) is 36.6 Å². The molecule has 1 aliphatic rings. The number of anilines is 1. The average molecular weight is 608 g/mol. The van der Waals surface area contributed by atoms with Gasteiger partial charge in [0.15, 0.2) is 5.69 Å². The number of rotatable bonds is 11. The first kappa shape index (κ1) is 31.7. The lowest BCUT2D eigenvalue weighted by Crippen LogP contribution is -2.46. The maximum atomic E-state index is 13.1. The van der Waals surface area contributed by atoms with E-state index in [-0.39, 0.29) is 59.8 Å². The number of nitrogens with zero attached hydrogens (tertiary/aromatic N) is 2. The summed E-state index contributed by atoms with van der Waals surface area (Å²) in [6.07, 6.45) is -3.24. The van der Waals surface area contributed by atoms with E-state index in [2.05, 4.69) is 15.7 Å². The molecule has 3 rings (SSSR count). The number of nitrogens with one attached hydrogen (secondary N) is 2. The van der Waals surface area contributed by atoms with Crippen molar-refractivity contribution in [1.82, 2.24) is 15.1 Å². The summed E-state index contributed by atoms with van der Waals surface area (Å²) >= 11 is 4.38. The lowest BCUT2D eigenvalue weighted by atomic mass is 9.70. The molecule has 15 heteroatoms. The Morgan fingerprint density at radius 2 is 2.00 bits per heavy atom. The molecular formula is C25H31ClF3N4O6S-. The second kappa shape index (κ2) is 12.8. The largest absolute Gasteiger partial charge is 0.772 e. The number of carbonyl (C=O) groups is 2. The van der Waals surface area contributed by atoms with Crippen LogP contribution >= 0.6 is 11.6 Å². The van der Waals surface area contributed by atoms with Crippen molar-refractivity contribution in [3.8, 4) is 17.0 Å².